The zero-order valence-electron chi connectivity index (χ0n) is 18.1. The molecule has 1 aliphatic rings. The summed E-state index contributed by atoms with van der Waals surface area (Å²) in [6, 6.07) is 9.83. The zero-order chi connectivity index (χ0) is 21.9. The quantitative estimate of drug-likeness (QED) is 0.438. The van der Waals surface area contributed by atoms with Gasteiger partial charge in [0.05, 0.1) is 23.3 Å². The third-order valence-electron chi connectivity index (χ3n) is 6.22. The van der Waals surface area contributed by atoms with Crippen molar-refractivity contribution in [2.45, 2.75) is 5.92 Å². The fraction of sp³-hybridized carbons (Fsp3) is 0.292. The predicted molar refractivity (Wildman–Crippen MR) is 125 cm³/mol. The molecule has 164 valence electrons. The van der Waals surface area contributed by atoms with Crippen molar-refractivity contribution in [3.8, 4) is 11.1 Å². The number of para-hydroxylation sites is 1. The van der Waals surface area contributed by atoms with E-state index in [1.54, 1.807) is 18.6 Å². The third-order valence-corrected chi connectivity index (χ3v) is 6.22. The SMILES string of the molecule is CN1CCN(C[C@@H](C(=O)Nc2cccc3c(-c4cn[nH]c4)c[nH]c23)c2cccnc2)CC1. The van der Waals surface area contributed by atoms with Crippen LogP contribution in [0.1, 0.15) is 11.5 Å². The molecule has 1 fully saturated rings. The Labute approximate surface area is 186 Å². The van der Waals surface area contributed by atoms with Crippen LogP contribution in [0.5, 0.6) is 0 Å². The monoisotopic (exact) mass is 429 g/mol. The number of anilines is 1. The van der Waals surface area contributed by atoms with Gasteiger partial charge in [-0.2, -0.15) is 5.10 Å². The molecular weight excluding hydrogens is 402 g/mol. The van der Waals surface area contributed by atoms with Crippen LogP contribution in [0.25, 0.3) is 22.0 Å². The smallest absolute Gasteiger partial charge is 0.233 e. The number of carbonyl (C=O) groups excluding carboxylic acids is 1. The molecule has 0 unspecified atom stereocenters. The Morgan fingerprint density at radius 1 is 1.12 bits per heavy atom. The summed E-state index contributed by atoms with van der Waals surface area (Å²) in [7, 11) is 2.14. The van der Waals surface area contributed by atoms with Crippen molar-refractivity contribution in [2.24, 2.45) is 0 Å². The van der Waals surface area contributed by atoms with Gasteiger partial charge in [-0.15, -0.1) is 0 Å². The Morgan fingerprint density at radius 3 is 2.75 bits per heavy atom. The Hall–Kier alpha value is -3.49. The third kappa shape index (κ3) is 4.15. The molecule has 8 heteroatoms. The lowest BCUT2D eigenvalue weighted by Crippen LogP contribution is -2.47. The van der Waals surface area contributed by atoms with Gasteiger partial charge in [0.15, 0.2) is 0 Å². The second-order valence-electron chi connectivity index (χ2n) is 8.35. The van der Waals surface area contributed by atoms with Crippen LogP contribution in [0, 0.1) is 0 Å². The fourth-order valence-corrected chi connectivity index (χ4v) is 4.33. The number of rotatable bonds is 6. The van der Waals surface area contributed by atoms with Crippen LogP contribution in [0.2, 0.25) is 0 Å². The van der Waals surface area contributed by atoms with E-state index in [-0.39, 0.29) is 11.8 Å². The minimum Gasteiger partial charge on any atom is -0.359 e. The Balaban J connectivity index is 1.41. The van der Waals surface area contributed by atoms with Gasteiger partial charge in [0, 0.05) is 74.0 Å². The van der Waals surface area contributed by atoms with Crippen LogP contribution in [0.15, 0.2) is 61.3 Å². The van der Waals surface area contributed by atoms with Gasteiger partial charge in [-0.05, 0) is 24.7 Å². The van der Waals surface area contributed by atoms with E-state index in [0.717, 1.165) is 59.5 Å². The minimum atomic E-state index is -0.300. The summed E-state index contributed by atoms with van der Waals surface area (Å²) in [6.45, 7) is 4.62. The van der Waals surface area contributed by atoms with E-state index in [0.29, 0.717) is 6.54 Å². The molecule has 1 amide bonds. The van der Waals surface area contributed by atoms with E-state index in [9.17, 15) is 4.79 Å². The molecule has 1 saturated heterocycles. The van der Waals surface area contributed by atoms with Gasteiger partial charge >= 0.3 is 0 Å². The van der Waals surface area contributed by atoms with Gasteiger partial charge in [-0.3, -0.25) is 19.8 Å². The molecule has 0 saturated carbocycles. The van der Waals surface area contributed by atoms with Crippen molar-refractivity contribution in [2.75, 3.05) is 45.1 Å². The summed E-state index contributed by atoms with van der Waals surface area (Å²) in [4.78, 5) is 25.8. The van der Waals surface area contributed by atoms with E-state index in [4.69, 9.17) is 0 Å². The van der Waals surface area contributed by atoms with Crippen molar-refractivity contribution >= 4 is 22.5 Å². The highest BCUT2D eigenvalue weighted by Gasteiger charge is 2.26. The van der Waals surface area contributed by atoms with Gasteiger partial charge in [0.2, 0.25) is 5.91 Å². The summed E-state index contributed by atoms with van der Waals surface area (Å²) >= 11 is 0. The van der Waals surface area contributed by atoms with Crippen LogP contribution < -0.4 is 5.32 Å². The average Bonchev–Trinajstić information content (AvgIpc) is 3.49. The largest absolute Gasteiger partial charge is 0.359 e. The number of H-pyrrole nitrogens is 2. The number of carbonyl (C=O) groups is 1. The van der Waals surface area contributed by atoms with Gasteiger partial charge in [0.25, 0.3) is 0 Å². The minimum absolute atomic E-state index is 0.0242. The van der Waals surface area contributed by atoms with Crippen molar-refractivity contribution < 1.29 is 4.79 Å². The summed E-state index contributed by atoms with van der Waals surface area (Å²) in [5, 5.41) is 11.1. The maximum Gasteiger partial charge on any atom is 0.233 e. The molecule has 8 nitrogen and oxygen atoms in total. The number of likely N-dealkylation sites (N-methyl/N-ethyl adjacent to an activating group) is 1. The van der Waals surface area contributed by atoms with Crippen LogP contribution >= 0.6 is 0 Å². The summed E-state index contributed by atoms with van der Waals surface area (Å²) in [6.07, 6.45) is 9.15. The molecule has 1 aromatic carbocycles. The Morgan fingerprint density at radius 2 is 2.00 bits per heavy atom. The fourth-order valence-electron chi connectivity index (χ4n) is 4.33. The number of aromatic amines is 2. The Bertz CT molecular complexity index is 1180. The van der Waals surface area contributed by atoms with E-state index in [2.05, 4.69) is 42.3 Å². The van der Waals surface area contributed by atoms with Crippen LogP contribution in [0.3, 0.4) is 0 Å². The number of piperazine rings is 1. The first-order valence-electron chi connectivity index (χ1n) is 10.9. The Kier molecular flexibility index (Phi) is 5.70. The number of fused-ring (bicyclic) bond motifs is 1. The number of aromatic nitrogens is 4. The van der Waals surface area contributed by atoms with Gasteiger partial charge in [-0.1, -0.05) is 18.2 Å². The predicted octanol–water partition coefficient (Wildman–Crippen LogP) is 2.92. The van der Waals surface area contributed by atoms with Crippen LogP contribution in [0.4, 0.5) is 5.69 Å². The second kappa shape index (κ2) is 8.94. The zero-order valence-corrected chi connectivity index (χ0v) is 18.1. The second-order valence-corrected chi connectivity index (χ2v) is 8.35. The lowest BCUT2D eigenvalue weighted by Gasteiger charge is -2.34. The van der Waals surface area contributed by atoms with Crippen molar-refractivity contribution in [3.05, 3.63) is 66.9 Å². The van der Waals surface area contributed by atoms with Crippen molar-refractivity contribution in [1.82, 2.24) is 30.0 Å². The number of pyridine rings is 1. The number of hydrogen-bond acceptors (Lipinski definition) is 5. The molecule has 1 aliphatic heterocycles. The molecule has 0 aliphatic carbocycles. The number of nitrogens with zero attached hydrogens (tertiary/aromatic N) is 4. The highest BCUT2D eigenvalue weighted by Crippen LogP contribution is 2.32. The molecule has 1 atom stereocenters. The maximum absolute atomic E-state index is 13.5. The van der Waals surface area contributed by atoms with Gasteiger partial charge in [-0.25, -0.2) is 0 Å². The normalized spacial score (nSPS) is 16.3. The van der Waals surface area contributed by atoms with Gasteiger partial charge < -0.3 is 15.2 Å². The first-order chi connectivity index (χ1) is 15.7. The molecular formula is C24H27N7O. The van der Waals surface area contributed by atoms with Crippen molar-refractivity contribution in [1.29, 1.82) is 0 Å². The lowest BCUT2D eigenvalue weighted by molar-refractivity contribution is -0.118. The molecule has 3 aromatic heterocycles. The molecule has 5 rings (SSSR count). The summed E-state index contributed by atoms with van der Waals surface area (Å²) in [5.74, 6) is -0.324. The average molecular weight is 430 g/mol. The van der Waals surface area contributed by atoms with E-state index < -0.39 is 0 Å². The molecule has 32 heavy (non-hydrogen) atoms. The topological polar surface area (TPSA) is 92.9 Å². The van der Waals surface area contributed by atoms with Crippen LogP contribution in [-0.4, -0.2) is 75.6 Å². The first-order valence-corrected chi connectivity index (χ1v) is 10.9. The molecule has 0 spiro atoms. The van der Waals surface area contributed by atoms with E-state index in [1.165, 1.54) is 0 Å². The lowest BCUT2D eigenvalue weighted by atomic mass is 9.98. The van der Waals surface area contributed by atoms with E-state index in [1.807, 2.05) is 42.7 Å². The molecule has 4 heterocycles. The van der Waals surface area contributed by atoms with E-state index >= 15 is 0 Å². The number of benzene rings is 1. The standard InChI is InChI=1S/C24H27N7O/c1-30-8-10-31(11-9-30)16-21(17-4-3-7-25-12-17)24(32)29-22-6-2-5-19-20(15-26-23(19)22)18-13-27-28-14-18/h2-7,12-15,21,26H,8-11,16H2,1H3,(H,27,28)(H,29,32)/t21-/m1/s1. The summed E-state index contributed by atoms with van der Waals surface area (Å²) < 4.78 is 0. The number of hydrogen-bond donors (Lipinski definition) is 3. The first kappa shape index (κ1) is 20.4. The van der Waals surface area contributed by atoms with Crippen molar-refractivity contribution in [3.63, 3.8) is 0 Å². The maximum atomic E-state index is 13.5. The molecule has 4 aromatic rings. The highest BCUT2D eigenvalue weighted by atomic mass is 16.1. The number of amides is 1. The number of nitrogens with one attached hydrogen (secondary N) is 3. The molecule has 3 N–H and O–H groups in total. The summed E-state index contributed by atoms with van der Waals surface area (Å²) in [5.41, 5.74) is 4.66. The van der Waals surface area contributed by atoms with Crippen LogP contribution in [-0.2, 0) is 4.79 Å². The molecule has 0 bridgehead atoms. The highest BCUT2D eigenvalue weighted by molar-refractivity contribution is 6.07. The van der Waals surface area contributed by atoms with Gasteiger partial charge in [0.1, 0.15) is 0 Å². The molecule has 0 radical (unpaired) electrons.